The molecule has 0 radical (unpaired) electrons. The van der Waals surface area contributed by atoms with Gasteiger partial charge >= 0.3 is 0 Å². The van der Waals surface area contributed by atoms with Crippen LogP contribution in [0.4, 0.5) is 5.69 Å². The summed E-state index contributed by atoms with van der Waals surface area (Å²) in [5.41, 5.74) is 2.59. The van der Waals surface area contributed by atoms with Crippen molar-refractivity contribution in [2.24, 2.45) is 5.10 Å². The second-order valence-corrected chi connectivity index (χ2v) is 6.84. The first-order valence-electron chi connectivity index (χ1n) is 8.74. The first-order valence-corrected chi connectivity index (χ1v) is 9.11. The number of aryl methyl sites for hydroxylation is 2. The van der Waals surface area contributed by atoms with Crippen LogP contribution in [0.1, 0.15) is 32.7 Å². The van der Waals surface area contributed by atoms with E-state index in [0.717, 1.165) is 0 Å². The Morgan fingerprint density at radius 3 is 2.59 bits per heavy atom. The van der Waals surface area contributed by atoms with Gasteiger partial charge in [-0.2, -0.15) is 10.4 Å². The normalized spacial score (nSPS) is 10.7. The molecule has 0 bridgehead atoms. The van der Waals surface area contributed by atoms with Gasteiger partial charge in [-0.3, -0.25) is 9.59 Å². The van der Waals surface area contributed by atoms with Gasteiger partial charge < -0.3 is 5.32 Å². The average Bonchev–Trinajstić information content (AvgIpc) is 2.68. The molecular weight excluding hydrogens is 388 g/mol. The summed E-state index contributed by atoms with van der Waals surface area (Å²) in [4.78, 5) is 24.8. The summed E-state index contributed by atoms with van der Waals surface area (Å²) >= 11 is 5.84. The zero-order valence-electron chi connectivity index (χ0n) is 15.8. The van der Waals surface area contributed by atoms with E-state index in [1.165, 1.54) is 10.9 Å². The molecule has 0 aliphatic rings. The molecule has 0 aliphatic carbocycles. The standard InChI is InChI=1S/C22H17ClN4O2/c1-14-10-15(2)27(22(29)20(14)12-24)25-13-16-4-3-5-19(11-16)26-21(28)17-6-8-18(23)9-7-17/h3-11,13H,1-2H3,(H,26,28)/b25-13+. The van der Waals surface area contributed by atoms with Gasteiger partial charge in [-0.25, -0.2) is 4.68 Å². The zero-order valence-corrected chi connectivity index (χ0v) is 16.6. The minimum Gasteiger partial charge on any atom is -0.322 e. The van der Waals surface area contributed by atoms with E-state index in [0.29, 0.717) is 33.1 Å². The molecule has 0 atom stereocenters. The van der Waals surface area contributed by atoms with E-state index < -0.39 is 5.56 Å². The molecule has 0 saturated carbocycles. The Morgan fingerprint density at radius 2 is 1.90 bits per heavy atom. The summed E-state index contributed by atoms with van der Waals surface area (Å²) in [5, 5.41) is 16.7. The van der Waals surface area contributed by atoms with Crippen molar-refractivity contribution in [3.8, 4) is 6.07 Å². The highest BCUT2D eigenvalue weighted by atomic mass is 35.5. The number of carbonyl (C=O) groups excluding carboxylic acids is 1. The largest absolute Gasteiger partial charge is 0.322 e. The fraction of sp³-hybridized carbons (Fsp3) is 0.0909. The van der Waals surface area contributed by atoms with Crippen molar-refractivity contribution in [1.82, 2.24) is 4.68 Å². The quantitative estimate of drug-likeness (QED) is 0.663. The Kier molecular flexibility index (Phi) is 5.91. The van der Waals surface area contributed by atoms with Crippen LogP contribution in [0.15, 0.2) is 64.5 Å². The van der Waals surface area contributed by atoms with Crippen LogP contribution in [0, 0.1) is 25.2 Å². The third kappa shape index (κ3) is 4.60. The SMILES string of the molecule is Cc1cc(C)n(/N=C/c2cccc(NC(=O)c3ccc(Cl)cc3)c2)c(=O)c1C#N. The number of amides is 1. The number of nitriles is 1. The first kappa shape index (κ1) is 20.1. The predicted octanol–water partition coefficient (Wildman–Crippen LogP) is 4.12. The van der Waals surface area contributed by atoms with Crippen LogP contribution < -0.4 is 10.9 Å². The van der Waals surface area contributed by atoms with E-state index in [-0.39, 0.29) is 11.5 Å². The molecule has 3 rings (SSSR count). The lowest BCUT2D eigenvalue weighted by atomic mass is 10.1. The molecule has 0 aliphatic heterocycles. The molecule has 1 aromatic heterocycles. The van der Waals surface area contributed by atoms with Gasteiger partial charge in [-0.15, -0.1) is 0 Å². The van der Waals surface area contributed by atoms with Crippen LogP contribution in [0.5, 0.6) is 0 Å². The van der Waals surface area contributed by atoms with E-state index in [9.17, 15) is 9.59 Å². The molecular formula is C22H17ClN4O2. The summed E-state index contributed by atoms with van der Waals surface area (Å²) in [6.07, 6.45) is 1.50. The summed E-state index contributed by atoms with van der Waals surface area (Å²) in [6.45, 7) is 3.46. The summed E-state index contributed by atoms with van der Waals surface area (Å²) in [6, 6.07) is 17.3. The molecule has 2 aromatic carbocycles. The summed E-state index contributed by atoms with van der Waals surface area (Å²) in [7, 11) is 0. The van der Waals surface area contributed by atoms with Crippen molar-refractivity contribution in [2.45, 2.75) is 13.8 Å². The number of aromatic nitrogens is 1. The van der Waals surface area contributed by atoms with Crippen molar-refractivity contribution in [3.63, 3.8) is 0 Å². The second-order valence-electron chi connectivity index (χ2n) is 6.40. The second kappa shape index (κ2) is 8.55. The van der Waals surface area contributed by atoms with Crippen LogP contribution in [-0.2, 0) is 0 Å². The van der Waals surface area contributed by atoms with E-state index in [4.69, 9.17) is 16.9 Å². The number of benzene rings is 2. The highest BCUT2D eigenvalue weighted by Gasteiger charge is 2.09. The van der Waals surface area contributed by atoms with Crippen molar-refractivity contribution in [3.05, 3.63) is 97.9 Å². The maximum absolute atomic E-state index is 12.4. The molecule has 0 spiro atoms. The number of hydrogen-bond donors (Lipinski definition) is 1. The number of rotatable bonds is 4. The predicted molar refractivity (Wildman–Crippen MR) is 114 cm³/mol. The van der Waals surface area contributed by atoms with E-state index in [1.807, 2.05) is 6.07 Å². The molecule has 1 amide bonds. The minimum atomic E-state index is -0.464. The van der Waals surface area contributed by atoms with Crippen molar-refractivity contribution in [1.29, 1.82) is 5.26 Å². The third-order valence-corrected chi connectivity index (χ3v) is 4.50. The Labute approximate surface area is 172 Å². The van der Waals surface area contributed by atoms with Crippen LogP contribution in [0.25, 0.3) is 0 Å². The Bertz CT molecular complexity index is 1200. The number of halogens is 1. The van der Waals surface area contributed by atoms with Gasteiger partial charge in [0.2, 0.25) is 0 Å². The van der Waals surface area contributed by atoms with Gasteiger partial charge in [0.15, 0.2) is 0 Å². The third-order valence-electron chi connectivity index (χ3n) is 4.25. The maximum Gasteiger partial charge on any atom is 0.289 e. The van der Waals surface area contributed by atoms with E-state index >= 15 is 0 Å². The lowest BCUT2D eigenvalue weighted by Gasteiger charge is -2.07. The van der Waals surface area contributed by atoms with Crippen molar-refractivity contribution >= 4 is 29.4 Å². The molecule has 0 fully saturated rings. The Morgan fingerprint density at radius 1 is 1.17 bits per heavy atom. The zero-order chi connectivity index (χ0) is 21.0. The number of nitrogens with zero attached hydrogens (tertiary/aromatic N) is 3. The van der Waals surface area contributed by atoms with Gasteiger partial charge in [0.1, 0.15) is 11.6 Å². The van der Waals surface area contributed by atoms with Crippen LogP contribution in [0.2, 0.25) is 5.02 Å². The van der Waals surface area contributed by atoms with Crippen molar-refractivity contribution < 1.29 is 4.79 Å². The summed E-state index contributed by atoms with van der Waals surface area (Å²) in [5.74, 6) is -0.264. The lowest BCUT2D eigenvalue weighted by molar-refractivity contribution is 0.102. The van der Waals surface area contributed by atoms with E-state index in [1.54, 1.807) is 68.4 Å². The van der Waals surface area contributed by atoms with Gasteiger partial charge in [0, 0.05) is 22.0 Å². The van der Waals surface area contributed by atoms with Gasteiger partial charge in [-0.1, -0.05) is 23.7 Å². The number of hydrogen-bond acceptors (Lipinski definition) is 4. The van der Waals surface area contributed by atoms with Crippen LogP contribution in [0.3, 0.4) is 0 Å². The number of carbonyl (C=O) groups is 1. The topological polar surface area (TPSA) is 87.2 Å². The van der Waals surface area contributed by atoms with Crippen molar-refractivity contribution in [2.75, 3.05) is 5.32 Å². The minimum absolute atomic E-state index is 0.0664. The Hall–Kier alpha value is -3.69. The van der Waals surface area contributed by atoms with Gasteiger partial charge in [-0.05, 0) is 67.4 Å². The Balaban J connectivity index is 1.84. The number of anilines is 1. The molecule has 1 N–H and O–H groups in total. The monoisotopic (exact) mass is 404 g/mol. The fourth-order valence-electron chi connectivity index (χ4n) is 2.79. The van der Waals surface area contributed by atoms with Gasteiger partial charge in [0.05, 0.1) is 6.21 Å². The molecule has 29 heavy (non-hydrogen) atoms. The fourth-order valence-corrected chi connectivity index (χ4v) is 2.91. The molecule has 0 unspecified atom stereocenters. The molecule has 7 heteroatoms. The van der Waals surface area contributed by atoms with Crippen LogP contribution in [-0.4, -0.2) is 16.8 Å². The number of pyridine rings is 1. The highest BCUT2D eigenvalue weighted by molar-refractivity contribution is 6.30. The molecule has 144 valence electrons. The smallest absolute Gasteiger partial charge is 0.289 e. The summed E-state index contributed by atoms with van der Waals surface area (Å²) < 4.78 is 1.19. The van der Waals surface area contributed by atoms with E-state index in [2.05, 4.69) is 10.4 Å². The maximum atomic E-state index is 12.4. The lowest BCUT2D eigenvalue weighted by Crippen LogP contribution is -2.22. The molecule has 0 saturated heterocycles. The first-order chi connectivity index (χ1) is 13.9. The molecule has 3 aromatic rings. The molecule has 6 nitrogen and oxygen atoms in total. The highest BCUT2D eigenvalue weighted by Crippen LogP contribution is 2.14. The number of nitrogens with one attached hydrogen (secondary N) is 1. The average molecular weight is 405 g/mol. The molecule has 1 heterocycles. The van der Waals surface area contributed by atoms with Crippen LogP contribution >= 0.6 is 11.6 Å². The van der Waals surface area contributed by atoms with Gasteiger partial charge in [0.25, 0.3) is 11.5 Å².